The Hall–Kier alpha value is -2.04. The molecule has 136 valence electrons. The molecule has 1 unspecified atom stereocenters. The van der Waals surface area contributed by atoms with Crippen molar-refractivity contribution in [3.8, 4) is 5.75 Å². The second-order valence-electron chi connectivity index (χ2n) is 7.30. The maximum Gasteiger partial charge on any atom is 0.257 e. The number of ether oxygens (including phenoxy) is 1. The standard InChI is InChI=1S/C20H28N2O3/c1-15-6-5-11-22(14-15)19(23)16-9-12-21(13-10-16)20(24)17-7-3-4-8-18(17)25-2/h3-4,7-8,15-16H,5-6,9-14H2,1-2H3. The van der Waals surface area contributed by atoms with E-state index in [9.17, 15) is 9.59 Å². The predicted octanol–water partition coefficient (Wildman–Crippen LogP) is 2.81. The maximum absolute atomic E-state index is 12.8. The van der Waals surface area contributed by atoms with Crippen molar-refractivity contribution in [3.63, 3.8) is 0 Å². The number of nitrogens with zero attached hydrogens (tertiary/aromatic N) is 2. The summed E-state index contributed by atoms with van der Waals surface area (Å²) < 4.78 is 5.30. The Bertz CT molecular complexity index is 623. The smallest absolute Gasteiger partial charge is 0.257 e. The van der Waals surface area contributed by atoms with Gasteiger partial charge in [0.15, 0.2) is 0 Å². The molecular formula is C20H28N2O3. The van der Waals surface area contributed by atoms with E-state index in [1.54, 1.807) is 19.2 Å². The zero-order valence-electron chi connectivity index (χ0n) is 15.2. The maximum atomic E-state index is 12.8. The molecule has 3 rings (SSSR count). The van der Waals surface area contributed by atoms with Gasteiger partial charge < -0.3 is 14.5 Å². The van der Waals surface area contributed by atoms with Gasteiger partial charge in [0.1, 0.15) is 5.75 Å². The lowest BCUT2D eigenvalue weighted by Gasteiger charge is -2.37. The predicted molar refractivity (Wildman–Crippen MR) is 96.6 cm³/mol. The summed E-state index contributed by atoms with van der Waals surface area (Å²) in [7, 11) is 1.58. The molecule has 0 bridgehead atoms. The number of hydrogen-bond acceptors (Lipinski definition) is 3. The molecule has 1 aromatic carbocycles. The Balaban J connectivity index is 1.58. The average molecular weight is 344 g/mol. The van der Waals surface area contributed by atoms with Crippen LogP contribution < -0.4 is 4.74 Å². The Morgan fingerprint density at radius 2 is 1.76 bits per heavy atom. The summed E-state index contributed by atoms with van der Waals surface area (Å²) >= 11 is 0. The largest absolute Gasteiger partial charge is 0.496 e. The van der Waals surface area contributed by atoms with E-state index < -0.39 is 0 Å². The monoisotopic (exact) mass is 344 g/mol. The summed E-state index contributed by atoms with van der Waals surface area (Å²) in [5.41, 5.74) is 0.597. The normalized spacial score (nSPS) is 21.9. The van der Waals surface area contributed by atoms with Gasteiger partial charge in [0.05, 0.1) is 12.7 Å². The highest BCUT2D eigenvalue weighted by Crippen LogP contribution is 2.26. The molecule has 2 aliphatic rings. The van der Waals surface area contributed by atoms with Crippen LogP contribution in [0.4, 0.5) is 0 Å². The van der Waals surface area contributed by atoms with Gasteiger partial charge in [0.25, 0.3) is 5.91 Å². The van der Waals surface area contributed by atoms with Crippen LogP contribution in [0.1, 0.15) is 43.0 Å². The van der Waals surface area contributed by atoms with Crippen LogP contribution >= 0.6 is 0 Å². The van der Waals surface area contributed by atoms with Crippen molar-refractivity contribution >= 4 is 11.8 Å². The molecule has 2 fully saturated rings. The van der Waals surface area contributed by atoms with Gasteiger partial charge in [-0.05, 0) is 43.7 Å². The number of carbonyl (C=O) groups is 2. The number of piperidine rings is 2. The van der Waals surface area contributed by atoms with Crippen LogP contribution in [0, 0.1) is 11.8 Å². The second-order valence-corrected chi connectivity index (χ2v) is 7.30. The van der Waals surface area contributed by atoms with Crippen LogP contribution in [0.15, 0.2) is 24.3 Å². The van der Waals surface area contributed by atoms with Crippen molar-refractivity contribution in [3.05, 3.63) is 29.8 Å². The SMILES string of the molecule is COc1ccccc1C(=O)N1CCC(C(=O)N2CCCC(C)C2)CC1. The van der Waals surface area contributed by atoms with Gasteiger partial charge in [-0.15, -0.1) is 0 Å². The molecule has 5 nitrogen and oxygen atoms in total. The van der Waals surface area contributed by atoms with E-state index >= 15 is 0 Å². The Morgan fingerprint density at radius 3 is 2.44 bits per heavy atom. The highest BCUT2D eigenvalue weighted by atomic mass is 16.5. The van der Waals surface area contributed by atoms with Crippen LogP contribution in [-0.4, -0.2) is 54.9 Å². The molecule has 5 heteroatoms. The number of methoxy groups -OCH3 is 1. The Kier molecular flexibility index (Phi) is 5.61. The minimum Gasteiger partial charge on any atom is -0.496 e. The molecule has 2 amide bonds. The third-order valence-corrected chi connectivity index (χ3v) is 5.44. The van der Waals surface area contributed by atoms with Crippen LogP contribution in [-0.2, 0) is 4.79 Å². The fraction of sp³-hybridized carbons (Fsp3) is 0.600. The topological polar surface area (TPSA) is 49.9 Å². The van der Waals surface area contributed by atoms with Crippen molar-refractivity contribution in [2.45, 2.75) is 32.6 Å². The molecule has 0 radical (unpaired) electrons. The van der Waals surface area contributed by atoms with Gasteiger partial charge in [0.2, 0.25) is 5.91 Å². The highest BCUT2D eigenvalue weighted by Gasteiger charge is 2.32. The van der Waals surface area contributed by atoms with E-state index in [1.165, 1.54) is 6.42 Å². The fourth-order valence-corrected chi connectivity index (χ4v) is 3.97. The number of rotatable bonds is 3. The molecule has 0 spiro atoms. The van der Waals surface area contributed by atoms with Crippen LogP contribution in [0.25, 0.3) is 0 Å². The summed E-state index contributed by atoms with van der Waals surface area (Å²) in [6.45, 7) is 5.27. The minimum absolute atomic E-state index is 0.00468. The van der Waals surface area contributed by atoms with Crippen molar-refractivity contribution < 1.29 is 14.3 Å². The summed E-state index contributed by atoms with van der Waals surface area (Å²) in [6, 6.07) is 7.32. The lowest BCUT2D eigenvalue weighted by atomic mass is 9.92. The fourth-order valence-electron chi connectivity index (χ4n) is 3.97. The first-order valence-corrected chi connectivity index (χ1v) is 9.31. The first-order valence-electron chi connectivity index (χ1n) is 9.31. The van der Waals surface area contributed by atoms with E-state index in [0.717, 1.165) is 32.4 Å². The van der Waals surface area contributed by atoms with E-state index in [4.69, 9.17) is 4.74 Å². The summed E-state index contributed by atoms with van der Waals surface area (Å²) in [4.78, 5) is 29.4. The zero-order chi connectivity index (χ0) is 17.8. The van der Waals surface area contributed by atoms with E-state index in [2.05, 4.69) is 6.92 Å². The lowest BCUT2D eigenvalue weighted by molar-refractivity contribution is -0.138. The van der Waals surface area contributed by atoms with Crippen molar-refractivity contribution in [2.24, 2.45) is 11.8 Å². The van der Waals surface area contributed by atoms with Gasteiger partial charge in [0, 0.05) is 32.1 Å². The van der Waals surface area contributed by atoms with Crippen LogP contribution in [0.2, 0.25) is 0 Å². The summed E-state index contributed by atoms with van der Waals surface area (Å²) in [5.74, 6) is 1.55. The molecule has 0 aromatic heterocycles. The molecule has 2 aliphatic heterocycles. The Morgan fingerprint density at radius 1 is 1.04 bits per heavy atom. The van der Waals surface area contributed by atoms with Crippen LogP contribution in [0.3, 0.4) is 0 Å². The van der Waals surface area contributed by atoms with Crippen molar-refractivity contribution in [1.82, 2.24) is 9.80 Å². The van der Waals surface area contributed by atoms with Gasteiger partial charge >= 0.3 is 0 Å². The molecular weight excluding hydrogens is 316 g/mol. The number of hydrogen-bond donors (Lipinski definition) is 0. The molecule has 0 saturated carbocycles. The first kappa shape index (κ1) is 17.8. The van der Waals surface area contributed by atoms with Gasteiger partial charge in [-0.1, -0.05) is 19.1 Å². The quantitative estimate of drug-likeness (QED) is 0.847. The Labute approximate surface area is 149 Å². The average Bonchev–Trinajstić information content (AvgIpc) is 2.67. The third kappa shape index (κ3) is 3.97. The number of amides is 2. The van der Waals surface area contributed by atoms with Crippen LogP contribution in [0.5, 0.6) is 5.75 Å². The molecule has 2 saturated heterocycles. The minimum atomic E-state index is -0.00468. The molecule has 1 atom stereocenters. The summed E-state index contributed by atoms with van der Waals surface area (Å²) in [5, 5.41) is 0. The first-order chi connectivity index (χ1) is 12.1. The number of carbonyl (C=O) groups excluding carboxylic acids is 2. The second kappa shape index (κ2) is 7.89. The van der Waals surface area contributed by atoms with Crippen molar-refractivity contribution in [1.29, 1.82) is 0 Å². The number of para-hydroxylation sites is 1. The van der Waals surface area contributed by atoms with Gasteiger partial charge in [-0.3, -0.25) is 9.59 Å². The zero-order valence-corrected chi connectivity index (χ0v) is 15.2. The molecule has 1 aromatic rings. The lowest BCUT2D eigenvalue weighted by Crippen LogP contribution is -2.47. The number of likely N-dealkylation sites (tertiary alicyclic amines) is 2. The molecule has 0 N–H and O–H groups in total. The highest BCUT2D eigenvalue weighted by molar-refractivity contribution is 5.97. The third-order valence-electron chi connectivity index (χ3n) is 5.44. The van der Waals surface area contributed by atoms with Crippen molar-refractivity contribution in [2.75, 3.05) is 33.3 Å². The summed E-state index contributed by atoms with van der Waals surface area (Å²) in [6.07, 6.45) is 3.84. The molecule has 25 heavy (non-hydrogen) atoms. The van der Waals surface area contributed by atoms with E-state index in [0.29, 0.717) is 30.3 Å². The van der Waals surface area contributed by atoms with Gasteiger partial charge in [-0.25, -0.2) is 0 Å². The van der Waals surface area contributed by atoms with E-state index in [-0.39, 0.29) is 17.7 Å². The van der Waals surface area contributed by atoms with Gasteiger partial charge in [-0.2, -0.15) is 0 Å². The van der Waals surface area contributed by atoms with E-state index in [1.807, 2.05) is 21.9 Å². The number of benzene rings is 1. The molecule has 2 heterocycles. The molecule has 0 aliphatic carbocycles.